The fourth-order valence-electron chi connectivity index (χ4n) is 4.00. The quantitative estimate of drug-likeness (QED) is 0.508. The van der Waals surface area contributed by atoms with Crippen LogP contribution in [0.5, 0.6) is 0 Å². The molecule has 0 unspecified atom stereocenters. The molecule has 0 aliphatic carbocycles. The minimum absolute atomic E-state index is 0.196. The number of fused-ring (bicyclic) bond motifs is 3. The first-order valence-electron chi connectivity index (χ1n) is 9.19. The first-order chi connectivity index (χ1) is 12.6. The van der Waals surface area contributed by atoms with Crippen LogP contribution in [0.15, 0.2) is 0 Å². The zero-order valence-electron chi connectivity index (χ0n) is 16.3. The first-order valence-corrected chi connectivity index (χ1v) is 9.19. The highest BCUT2D eigenvalue weighted by Crippen LogP contribution is 2.43. The third kappa shape index (κ3) is 4.25. The smallest absolute Gasteiger partial charge is 0.314 e. The molecule has 3 aliphatic heterocycles. The number of esters is 3. The van der Waals surface area contributed by atoms with Crippen LogP contribution in [0.25, 0.3) is 0 Å². The Bertz CT molecular complexity index is 615. The number of ether oxygens (including phenoxy) is 4. The standard InChI is InChI=1S/C18H27NO8/c1-9(20)23-8-12-15(24-10(2)21)16-13(17(22)25-12)14-11(26-18(3,4)5)6-7-19(14)27-16/h11-16H,6-8H2,1-5H3/t11-,12+,13+,14+,15+,16-/m0/s1. The van der Waals surface area contributed by atoms with Crippen molar-refractivity contribution in [2.45, 2.75) is 77.1 Å². The molecule has 3 rings (SSSR count). The molecule has 3 saturated heterocycles. The van der Waals surface area contributed by atoms with Gasteiger partial charge in [-0.3, -0.25) is 19.2 Å². The maximum Gasteiger partial charge on any atom is 0.314 e. The monoisotopic (exact) mass is 385 g/mol. The van der Waals surface area contributed by atoms with E-state index in [1.165, 1.54) is 13.8 Å². The van der Waals surface area contributed by atoms with E-state index in [9.17, 15) is 14.4 Å². The largest absolute Gasteiger partial charge is 0.462 e. The van der Waals surface area contributed by atoms with Gasteiger partial charge in [0.1, 0.15) is 18.6 Å². The second-order valence-corrected chi connectivity index (χ2v) is 8.14. The summed E-state index contributed by atoms with van der Waals surface area (Å²) < 4.78 is 22.0. The Balaban J connectivity index is 1.82. The third-order valence-corrected chi connectivity index (χ3v) is 4.81. The number of hydrogen-bond donors (Lipinski definition) is 0. The molecule has 152 valence electrons. The summed E-state index contributed by atoms with van der Waals surface area (Å²) in [6, 6.07) is -0.311. The zero-order chi connectivity index (χ0) is 19.9. The number of cyclic esters (lactones) is 1. The van der Waals surface area contributed by atoms with Crippen molar-refractivity contribution >= 4 is 17.9 Å². The highest BCUT2D eigenvalue weighted by molar-refractivity contribution is 5.76. The van der Waals surface area contributed by atoms with E-state index in [4.69, 9.17) is 23.8 Å². The number of rotatable bonds is 4. The Morgan fingerprint density at radius 2 is 1.93 bits per heavy atom. The van der Waals surface area contributed by atoms with E-state index in [-0.39, 0.29) is 24.4 Å². The highest BCUT2D eigenvalue weighted by Gasteiger charge is 2.62. The lowest BCUT2D eigenvalue weighted by molar-refractivity contribution is -0.228. The van der Waals surface area contributed by atoms with Crippen LogP contribution < -0.4 is 0 Å². The lowest BCUT2D eigenvalue weighted by Gasteiger charge is -2.38. The zero-order valence-corrected chi connectivity index (χ0v) is 16.3. The summed E-state index contributed by atoms with van der Waals surface area (Å²) in [6.07, 6.45) is -1.94. The average Bonchev–Trinajstić information content (AvgIpc) is 3.07. The third-order valence-electron chi connectivity index (χ3n) is 4.81. The lowest BCUT2D eigenvalue weighted by Crippen LogP contribution is -2.57. The Kier molecular flexibility index (Phi) is 5.47. The molecule has 3 heterocycles. The summed E-state index contributed by atoms with van der Waals surface area (Å²) in [5.41, 5.74) is -0.371. The van der Waals surface area contributed by atoms with Crippen molar-refractivity contribution in [1.82, 2.24) is 5.06 Å². The number of carbonyl (C=O) groups is 3. The number of hydroxylamine groups is 2. The topological polar surface area (TPSA) is 101 Å². The van der Waals surface area contributed by atoms with E-state index < -0.39 is 42.1 Å². The molecule has 0 radical (unpaired) electrons. The minimum atomic E-state index is -0.909. The summed E-state index contributed by atoms with van der Waals surface area (Å²) in [4.78, 5) is 41.5. The molecule has 0 N–H and O–H groups in total. The van der Waals surface area contributed by atoms with Crippen LogP contribution in [0, 0.1) is 5.92 Å². The molecule has 9 nitrogen and oxygen atoms in total. The van der Waals surface area contributed by atoms with Crippen LogP contribution in [-0.2, 0) is 38.2 Å². The van der Waals surface area contributed by atoms with Crippen LogP contribution in [0.2, 0.25) is 0 Å². The van der Waals surface area contributed by atoms with Gasteiger partial charge in [-0.15, -0.1) is 0 Å². The van der Waals surface area contributed by atoms with Crippen molar-refractivity contribution in [3.8, 4) is 0 Å². The second kappa shape index (κ2) is 7.37. The Hall–Kier alpha value is -1.71. The van der Waals surface area contributed by atoms with Gasteiger partial charge in [-0.05, 0) is 27.2 Å². The van der Waals surface area contributed by atoms with Crippen molar-refractivity contribution < 1.29 is 38.2 Å². The van der Waals surface area contributed by atoms with Crippen LogP contribution in [-0.4, -0.2) is 72.2 Å². The van der Waals surface area contributed by atoms with Crippen molar-refractivity contribution in [1.29, 1.82) is 0 Å². The fourth-order valence-corrected chi connectivity index (χ4v) is 4.00. The van der Waals surface area contributed by atoms with E-state index in [0.29, 0.717) is 6.54 Å². The molecular formula is C18H27NO8. The molecule has 27 heavy (non-hydrogen) atoms. The molecule has 9 heteroatoms. The van der Waals surface area contributed by atoms with Gasteiger partial charge in [0.25, 0.3) is 0 Å². The summed E-state index contributed by atoms with van der Waals surface area (Å²) >= 11 is 0. The molecule has 0 spiro atoms. The Morgan fingerprint density at radius 1 is 1.22 bits per heavy atom. The molecule has 0 aromatic heterocycles. The molecule has 0 bridgehead atoms. The van der Waals surface area contributed by atoms with Gasteiger partial charge in [-0.1, -0.05) is 0 Å². The first kappa shape index (κ1) is 20.0. The second-order valence-electron chi connectivity index (χ2n) is 8.14. The number of nitrogens with zero attached hydrogens (tertiary/aromatic N) is 1. The van der Waals surface area contributed by atoms with Crippen molar-refractivity contribution in [3.05, 3.63) is 0 Å². The summed E-state index contributed by atoms with van der Waals surface area (Å²) in [7, 11) is 0. The van der Waals surface area contributed by atoms with Crippen molar-refractivity contribution in [3.63, 3.8) is 0 Å². The van der Waals surface area contributed by atoms with Gasteiger partial charge in [0, 0.05) is 20.4 Å². The summed E-state index contributed by atoms with van der Waals surface area (Å²) in [5, 5.41) is 1.73. The number of hydrogen-bond acceptors (Lipinski definition) is 9. The van der Waals surface area contributed by atoms with Crippen LogP contribution in [0.1, 0.15) is 41.0 Å². The minimum Gasteiger partial charge on any atom is -0.462 e. The van der Waals surface area contributed by atoms with Gasteiger partial charge in [0.15, 0.2) is 12.2 Å². The molecule has 0 saturated carbocycles. The van der Waals surface area contributed by atoms with Crippen LogP contribution >= 0.6 is 0 Å². The Morgan fingerprint density at radius 3 is 2.52 bits per heavy atom. The Labute approximate surface area is 158 Å². The predicted octanol–water partition coefficient (Wildman–Crippen LogP) is 0.595. The SMILES string of the molecule is CC(=O)OC[C@H]1OC(=O)[C@H]2[C@H](ON3CC[C@H](OC(C)(C)C)[C@H]23)[C@@H]1OC(C)=O. The van der Waals surface area contributed by atoms with Gasteiger partial charge in [0.05, 0.1) is 17.7 Å². The highest BCUT2D eigenvalue weighted by atomic mass is 16.7. The van der Waals surface area contributed by atoms with E-state index in [1.54, 1.807) is 5.06 Å². The summed E-state index contributed by atoms with van der Waals surface area (Å²) in [5.74, 6) is -2.14. The van der Waals surface area contributed by atoms with E-state index in [2.05, 4.69) is 0 Å². The molecule has 6 atom stereocenters. The van der Waals surface area contributed by atoms with Crippen LogP contribution in [0.4, 0.5) is 0 Å². The van der Waals surface area contributed by atoms with Crippen molar-refractivity contribution in [2.24, 2.45) is 5.92 Å². The van der Waals surface area contributed by atoms with Gasteiger partial charge >= 0.3 is 17.9 Å². The summed E-state index contributed by atoms with van der Waals surface area (Å²) in [6.45, 7) is 8.81. The van der Waals surface area contributed by atoms with Gasteiger partial charge in [-0.25, -0.2) is 0 Å². The maximum absolute atomic E-state index is 12.8. The number of carbonyl (C=O) groups excluding carboxylic acids is 3. The normalized spacial score (nSPS) is 36.0. The van der Waals surface area contributed by atoms with Crippen molar-refractivity contribution in [2.75, 3.05) is 13.2 Å². The lowest BCUT2D eigenvalue weighted by atomic mass is 9.85. The van der Waals surface area contributed by atoms with Gasteiger partial charge in [-0.2, -0.15) is 5.06 Å². The van der Waals surface area contributed by atoms with E-state index in [0.717, 1.165) is 6.42 Å². The van der Waals surface area contributed by atoms with Gasteiger partial charge < -0.3 is 18.9 Å². The van der Waals surface area contributed by atoms with E-state index >= 15 is 0 Å². The molecule has 0 aromatic carbocycles. The van der Waals surface area contributed by atoms with E-state index in [1.807, 2.05) is 20.8 Å². The molecule has 3 aliphatic rings. The molecule has 0 aromatic rings. The van der Waals surface area contributed by atoms with Gasteiger partial charge in [0.2, 0.25) is 0 Å². The average molecular weight is 385 g/mol. The molecular weight excluding hydrogens is 358 g/mol. The predicted molar refractivity (Wildman–Crippen MR) is 90.2 cm³/mol. The molecule has 0 amide bonds. The fraction of sp³-hybridized carbons (Fsp3) is 0.833. The maximum atomic E-state index is 12.8. The van der Waals surface area contributed by atoms with Crippen LogP contribution in [0.3, 0.4) is 0 Å². The molecule has 3 fully saturated rings.